The second-order valence-electron chi connectivity index (χ2n) is 2.51. The highest BCUT2D eigenvalue weighted by Gasteiger charge is 2.06. The van der Waals surface area contributed by atoms with Crippen LogP contribution in [-0.2, 0) is 0 Å². The van der Waals surface area contributed by atoms with Crippen molar-refractivity contribution < 1.29 is 0 Å². The summed E-state index contributed by atoms with van der Waals surface area (Å²) in [4.78, 5) is 0. The molecule has 0 amide bonds. The first-order chi connectivity index (χ1) is 4.70. The molecule has 0 saturated heterocycles. The van der Waals surface area contributed by atoms with E-state index in [0.717, 1.165) is 10.9 Å². The highest BCUT2D eigenvalue weighted by Crippen LogP contribution is 2.17. The minimum absolute atomic E-state index is 0.367. The molecule has 54 valence electrons. The average Bonchev–Trinajstić information content (AvgIpc) is 2.04. The number of halogens is 1. The van der Waals surface area contributed by atoms with Crippen LogP contribution in [0.25, 0.3) is 0 Å². The van der Waals surface area contributed by atoms with Crippen LogP contribution in [0.2, 0.25) is 0 Å². The van der Waals surface area contributed by atoms with Crippen molar-refractivity contribution in [2.45, 2.75) is 13.3 Å². The molecule has 0 fully saturated rings. The van der Waals surface area contributed by atoms with Crippen molar-refractivity contribution in [1.82, 2.24) is 0 Å². The summed E-state index contributed by atoms with van der Waals surface area (Å²) in [6.07, 6.45) is 6.83. The molecule has 1 nitrogen and oxygen atoms in total. The Bertz CT molecular complexity index is 203. The molecule has 0 aliphatic heterocycles. The molecular weight excluding hydrogens is 190 g/mol. The van der Waals surface area contributed by atoms with Crippen LogP contribution in [-0.4, -0.2) is 5.71 Å². The van der Waals surface area contributed by atoms with Gasteiger partial charge in [0.15, 0.2) is 0 Å². The average molecular weight is 200 g/mol. The normalized spacial score (nSPS) is 26.0. The lowest BCUT2D eigenvalue weighted by Crippen LogP contribution is -2.03. The third-order valence-electron chi connectivity index (χ3n) is 1.62. The van der Waals surface area contributed by atoms with E-state index in [1.807, 2.05) is 12.2 Å². The van der Waals surface area contributed by atoms with Crippen LogP contribution in [0.5, 0.6) is 0 Å². The van der Waals surface area contributed by atoms with Crippen LogP contribution >= 0.6 is 15.9 Å². The molecule has 0 aromatic rings. The van der Waals surface area contributed by atoms with E-state index in [9.17, 15) is 0 Å². The summed E-state index contributed by atoms with van der Waals surface area (Å²) in [5.74, 6) is 0.367. The van der Waals surface area contributed by atoms with Gasteiger partial charge in [0, 0.05) is 16.1 Å². The van der Waals surface area contributed by atoms with Gasteiger partial charge in [-0.3, -0.25) is 0 Å². The van der Waals surface area contributed by atoms with Gasteiger partial charge in [-0.15, -0.1) is 0 Å². The molecular formula is C8H10BrN. The Morgan fingerprint density at radius 2 is 2.30 bits per heavy atom. The van der Waals surface area contributed by atoms with E-state index in [0.29, 0.717) is 11.6 Å². The molecule has 1 aliphatic rings. The quantitative estimate of drug-likeness (QED) is 0.621. The lowest BCUT2D eigenvalue weighted by Gasteiger charge is -2.02. The van der Waals surface area contributed by atoms with Gasteiger partial charge >= 0.3 is 0 Å². The molecule has 1 N–H and O–H groups in total. The van der Waals surface area contributed by atoms with Crippen LogP contribution in [0.15, 0.2) is 22.7 Å². The smallest absolute Gasteiger partial charge is 0.0345 e. The van der Waals surface area contributed by atoms with Crippen LogP contribution in [0.1, 0.15) is 13.3 Å². The summed E-state index contributed by atoms with van der Waals surface area (Å²) < 4.78 is 1.08. The fourth-order valence-corrected chi connectivity index (χ4v) is 1.14. The predicted octanol–water partition coefficient (Wildman–Crippen LogP) is 2.88. The van der Waals surface area contributed by atoms with Gasteiger partial charge in [-0.2, -0.15) is 0 Å². The zero-order valence-electron chi connectivity index (χ0n) is 5.89. The van der Waals surface area contributed by atoms with E-state index in [1.54, 1.807) is 0 Å². The third-order valence-corrected chi connectivity index (χ3v) is 2.21. The van der Waals surface area contributed by atoms with Gasteiger partial charge in [-0.25, -0.2) is 0 Å². The van der Waals surface area contributed by atoms with Gasteiger partial charge in [0.05, 0.1) is 0 Å². The zero-order valence-corrected chi connectivity index (χ0v) is 7.48. The summed E-state index contributed by atoms with van der Waals surface area (Å²) in [7, 11) is 0. The molecule has 1 unspecified atom stereocenters. The molecule has 0 aromatic carbocycles. The van der Waals surface area contributed by atoms with Crippen molar-refractivity contribution in [3.63, 3.8) is 0 Å². The lowest BCUT2D eigenvalue weighted by molar-refractivity contribution is 0.791. The molecule has 10 heavy (non-hydrogen) atoms. The highest BCUT2D eigenvalue weighted by atomic mass is 79.9. The Labute approximate surface area is 69.5 Å². The van der Waals surface area contributed by atoms with Crippen LogP contribution in [0, 0.1) is 11.3 Å². The lowest BCUT2D eigenvalue weighted by atomic mass is 10.0. The second kappa shape index (κ2) is 3.15. The van der Waals surface area contributed by atoms with Gasteiger partial charge in [0.1, 0.15) is 0 Å². The van der Waals surface area contributed by atoms with Gasteiger partial charge in [0.2, 0.25) is 0 Å². The van der Waals surface area contributed by atoms with Crippen molar-refractivity contribution in [3.05, 3.63) is 22.7 Å². The largest absolute Gasteiger partial charge is 0.305 e. The fraction of sp³-hybridized carbons (Fsp3) is 0.375. The highest BCUT2D eigenvalue weighted by molar-refractivity contribution is 9.11. The molecule has 0 aromatic heterocycles. The molecule has 0 bridgehead atoms. The first-order valence-electron chi connectivity index (χ1n) is 3.32. The second-order valence-corrected chi connectivity index (χ2v) is 3.43. The van der Waals surface area contributed by atoms with Crippen LogP contribution < -0.4 is 0 Å². The Balaban J connectivity index is 2.78. The maximum absolute atomic E-state index is 7.48. The SMILES string of the molecule is CC1CC=C(Br)C=CC1=N. The molecule has 1 rings (SSSR count). The van der Waals surface area contributed by atoms with E-state index in [4.69, 9.17) is 5.41 Å². The molecule has 0 radical (unpaired) electrons. The van der Waals surface area contributed by atoms with Gasteiger partial charge in [0.25, 0.3) is 0 Å². The first kappa shape index (κ1) is 7.73. The first-order valence-corrected chi connectivity index (χ1v) is 4.11. The van der Waals surface area contributed by atoms with Gasteiger partial charge in [-0.1, -0.05) is 28.9 Å². The zero-order chi connectivity index (χ0) is 7.56. The van der Waals surface area contributed by atoms with Crippen LogP contribution in [0.3, 0.4) is 0 Å². The molecule has 0 saturated carbocycles. The Kier molecular flexibility index (Phi) is 2.44. The van der Waals surface area contributed by atoms with Crippen molar-refractivity contribution >= 4 is 21.6 Å². The maximum atomic E-state index is 7.48. The number of allylic oxidation sites excluding steroid dienone is 4. The Hall–Kier alpha value is -0.370. The van der Waals surface area contributed by atoms with E-state index >= 15 is 0 Å². The van der Waals surface area contributed by atoms with Gasteiger partial charge in [-0.05, 0) is 18.6 Å². The van der Waals surface area contributed by atoms with E-state index < -0.39 is 0 Å². The Morgan fingerprint density at radius 3 is 3.00 bits per heavy atom. The minimum atomic E-state index is 0.367. The Morgan fingerprint density at radius 1 is 1.60 bits per heavy atom. The minimum Gasteiger partial charge on any atom is -0.305 e. The number of nitrogens with one attached hydrogen (secondary N) is 1. The van der Waals surface area contributed by atoms with Crippen LogP contribution in [0.4, 0.5) is 0 Å². The van der Waals surface area contributed by atoms with E-state index in [1.165, 1.54) is 0 Å². The van der Waals surface area contributed by atoms with Crippen molar-refractivity contribution in [3.8, 4) is 0 Å². The third kappa shape index (κ3) is 1.81. The summed E-state index contributed by atoms with van der Waals surface area (Å²) in [6.45, 7) is 2.06. The molecule has 2 heteroatoms. The summed E-state index contributed by atoms with van der Waals surface area (Å²) in [5, 5.41) is 7.48. The molecule has 1 atom stereocenters. The van der Waals surface area contributed by atoms with E-state index in [2.05, 4.69) is 28.9 Å². The number of hydrogen-bond donors (Lipinski definition) is 1. The molecule has 0 heterocycles. The van der Waals surface area contributed by atoms with Gasteiger partial charge < -0.3 is 5.41 Å². The van der Waals surface area contributed by atoms with E-state index in [-0.39, 0.29) is 0 Å². The molecule has 0 spiro atoms. The number of hydrogen-bond acceptors (Lipinski definition) is 1. The number of rotatable bonds is 0. The summed E-state index contributed by atoms with van der Waals surface area (Å²) >= 11 is 3.37. The summed E-state index contributed by atoms with van der Waals surface area (Å²) in [5.41, 5.74) is 0.714. The predicted molar refractivity (Wildman–Crippen MR) is 47.7 cm³/mol. The molecule has 1 aliphatic carbocycles. The standard InChI is InChI=1S/C8H10BrN/c1-6-2-3-7(9)4-5-8(6)10/h3-6,10H,2H2,1H3. The topological polar surface area (TPSA) is 23.9 Å². The van der Waals surface area contributed by atoms with Crippen molar-refractivity contribution in [1.29, 1.82) is 5.41 Å². The summed E-state index contributed by atoms with van der Waals surface area (Å²) in [6, 6.07) is 0. The van der Waals surface area contributed by atoms with Crippen molar-refractivity contribution in [2.75, 3.05) is 0 Å². The fourth-order valence-electron chi connectivity index (χ4n) is 0.818. The monoisotopic (exact) mass is 199 g/mol. The maximum Gasteiger partial charge on any atom is 0.0345 e. The van der Waals surface area contributed by atoms with Crippen molar-refractivity contribution in [2.24, 2.45) is 5.92 Å².